The van der Waals surface area contributed by atoms with Gasteiger partial charge in [0.05, 0.1) is 5.69 Å². The molecule has 0 fully saturated rings. The Labute approximate surface area is 167 Å². The lowest BCUT2D eigenvalue weighted by molar-refractivity contribution is 0.169. The Bertz CT molecular complexity index is 1010. The summed E-state index contributed by atoms with van der Waals surface area (Å²) >= 11 is 12.5. The first-order chi connectivity index (χ1) is 13.1. The van der Waals surface area contributed by atoms with E-state index in [-0.39, 0.29) is 6.10 Å². The largest absolute Gasteiger partial charge is 0.474 e. The molecule has 2 aromatic carbocycles. The van der Waals surface area contributed by atoms with Gasteiger partial charge in [-0.05, 0) is 36.8 Å². The molecule has 136 valence electrons. The lowest BCUT2D eigenvalue weighted by Gasteiger charge is -2.27. The van der Waals surface area contributed by atoms with Gasteiger partial charge in [0, 0.05) is 33.2 Å². The zero-order chi connectivity index (χ0) is 19.0. The van der Waals surface area contributed by atoms with Gasteiger partial charge in [0.1, 0.15) is 12.1 Å². The smallest absolute Gasteiger partial charge is 0.219 e. The molecule has 2 heterocycles. The summed E-state index contributed by atoms with van der Waals surface area (Å²) in [6.45, 7) is 1.91. The molecule has 27 heavy (non-hydrogen) atoms. The third-order valence-corrected chi connectivity index (χ3v) is 5.24. The van der Waals surface area contributed by atoms with Gasteiger partial charge in [-0.1, -0.05) is 58.7 Å². The summed E-state index contributed by atoms with van der Waals surface area (Å²) in [7, 11) is 0. The number of hydrogen-bond acceptors (Lipinski definition) is 4. The van der Waals surface area contributed by atoms with Crippen molar-refractivity contribution in [3.8, 4) is 28.3 Å². The van der Waals surface area contributed by atoms with Crippen molar-refractivity contribution < 1.29 is 4.74 Å². The number of rotatable bonds is 3. The van der Waals surface area contributed by atoms with E-state index in [1.165, 1.54) is 0 Å². The Hall–Kier alpha value is -2.43. The molecule has 1 aromatic heterocycles. The minimum absolute atomic E-state index is 0.131. The normalized spacial score (nSPS) is 18.5. The quantitative estimate of drug-likeness (QED) is 0.461. The fourth-order valence-electron chi connectivity index (χ4n) is 3.33. The van der Waals surface area contributed by atoms with Crippen molar-refractivity contribution in [2.75, 3.05) is 0 Å². The zero-order valence-electron chi connectivity index (χ0n) is 14.5. The lowest BCUT2D eigenvalue weighted by atomic mass is 9.93. The van der Waals surface area contributed by atoms with Gasteiger partial charge < -0.3 is 4.74 Å². The van der Waals surface area contributed by atoms with Crippen LogP contribution in [0.4, 0.5) is 0 Å². The molecule has 0 aliphatic carbocycles. The molecule has 4 rings (SSSR count). The first-order valence-electron chi connectivity index (χ1n) is 8.61. The number of fused-ring (bicyclic) bond motifs is 1. The Morgan fingerprint density at radius 3 is 2.52 bits per heavy atom. The maximum atomic E-state index is 11.4. The van der Waals surface area contributed by atoms with Crippen LogP contribution in [0.25, 0.3) is 22.4 Å². The molecule has 1 aliphatic heterocycles. The van der Waals surface area contributed by atoms with E-state index in [2.05, 4.69) is 5.18 Å². The molecule has 0 spiro atoms. The molecule has 0 amide bonds. The van der Waals surface area contributed by atoms with Crippen molar-refractivity contribution in [2.45, 2.75) is 25.5 Å². The van der Waals surface area contributed by atoms with Gasteiger partial charge in [-0.15, -0.1) is 0 Å². The van der Waals surface area contributed by atoms with Gasteiger partial charge >= 0.3 is 0 Å². The summed E-state index contributed by atoms with van der Waals surface area (Å²) in [5.41, 5.74) is 3.96. The predicted molar refractivity (Wildman–Crippen MR) is 108 cm³/mol. The molecule has 0 radical (unpaired) electrons. The van der Waals surface area contributed by atoms with Gasteiger partial charge in [-0.25, -0.2) is 4.98 Å². The Morgan fingerprint density at radius 1 is 1.07 bits per heavy atom. The van der Waals surface area contributed by atoms with Gasteiger partial charge in [0.15, 0.2) is 0 Å². The SMILES string of the molecule is CC1CC(N=O)c2cc(-c3ccc(Cl)cc3)c(-c3ccccc3Cl)nc2O1. The summed E-state index contributed by atoms with van der Waals surface area (Å²) in [5, 5.41) is 4.53. The molecular weight excluding hydrogens is 383 g/mol. The second kappa shape index (κ2) is 7.29. The summed E-state index contributed by atoms with van der Waals surface area (Å²) in [6.07, 6.45) is 0.400. The number of ether oxygens (including phenoxy) is 1. The first-order valence-corrected chi connectivity index (χ1v) is 9.37. The van der Waals surface area contributed by atoms with Crippen molar-refractivity contribution in [3.63, 3.8) is 0 Å². The first kappa shape index (κ1) is 18.0. The second-order valence-electron chi connectivity index (χ2n) is 6.55. The highest BCUT2D eigenvalue weighted by molar-refractivity contribution is 6.33. The van der Waals surface area contributed by atoms with Gasteiger partial charge in [-0.3, -0.25) is 0 Å². The van der Waals surface area contributed by atoms with E-state index in [0.717, 1.165) is 16.7 Å². The number of benzene rings is 2. The van der Waals surface area contributed by atoms with E-state index in [9.17, 15) is 4.91 Å². The molecule has 0 N–H and O–H groups in total. The Balaban J connectivity index is 1.98. The van der Waals surface area contributed by atoms with Crippen LogP contribution in [-0.4, -0.2) is 11.1 Å². The van der Waals surface area contributed by atoms with Gasteiger partial charge in [-0.2, -0.15) is 4.91 Å². The topological polar surface area (TPSA) is 51.5 Å². The van der Waals surface area contributed by atoms with Crippen LogP contribution in [0.1, 0.15) is 24.9 Å². The minimum atomic E-state index is -0.484. The molecule has 2 atom stereocenters. The molecule has 6 heteroatoms. The molecule has 0 saturated carbocycles. The van der Waals surface area contributed by atoms with Crippen molar-refractivity contribution in [3.05, 3.63) is 75.1 Å². The molecular formula is C21H16Cl2N2O2. The number of halogens is 2. The van der Waals surface area contributed by atoms with Crippen LogP contribution in [0.15, 0.2) is 59.8 Å². The van der Waals surface area contributed by atoms with Gasteiger partial charge in [0.25, 0.3) is 0 Å². The zero-order valence-corrected chi connectivity index (χ0v) is 16.0. The predicted octanol–water partition coefficient (Wildman–Crippen LogP) is 6.70. The van der Waals surface area contributed by atoms with Crippen LogP contribution < -0.4 is 4.74 Å². The van der Waals surface area contributed by atoms with E-state index in [1.54, 1.807) is 0 Å². The van der Waals surface area contributed by atoms with Crippen molar-refractivity contribution in [1.29, 1.82) is 0 Å². The molecule has 3 aromatic rings. The average Bonchev–Trinajstić information content (AvgIpc) is 2.67. The number of aromatic nitrogens is 1. The fraction of sp³-hybridized carbons (Fsp3) is 0.190. The van der Waals surface area contributed by atoms with Crippen LogP contribution in [0.3, 0.4) is 0 Å². The second-order valence-corrected chi connectivity index (χ2v) is 7.39. The molecule has 0 saturated heterocycles. The van der Waals surface area contributed by atoms with Crippen LogP contribution in [0.5, 0.6) is 5.88 Å². The number of hydrogen-bond donors (Lipinski definition) is 0. The molecule has 4 nitrogen and oxygen atoms in total. The van der Waals surface area contributed by atoms with E-state index in [0.29, 0.717) is 33.6 Å². The van der Waals surface area contributed by atoms with E-state index >= 15 is 0 Å². The monoisotopic (exact) mass is 398 g/mol. The number of nitroso groups, excluding NO2 is 1. The standard InChI is InChI=1S/C21H16Cl2N2O2/c1-12-10-19(25-26)17-11-16(13-6-8-14(22)9-7-13)20(24-21(17)27-12)15-4-2-3-5-18(15)23/h2-9,11-12,19H,10H2,1H3. The summed E-state index contributed by atoms with van der Waals surface area (Å²) in [4.78, 5) is 16.2. The minimum Gasteiger partial charge on any atom is -0.474 e. The number of pyridine rings is 1. The Kier molecular flexibility index (Phi) is 4.85. The summed E-state index contributed by atoms with van der Waals surface area (Å²) in [5.74, 6) is 0.436. The lowest BCUT2D eigenvalue weighted by Crippen LogP contribution is -2.23. The molecule has 2 unspecified atom stereocenters. The van der Waals surface area contributed by atoms with E-state index in [4.69, 9.17) is 32.9 Å². The number of nitrogens with zero attached hydrogens (tertiary/aromatic N) is 2. The third-order valence-electron chi connectivity index (χ3n) is 4.65. The van der Waals surface area contributed by atoms with Crippen LogP contribution in [0, 0.1) is 4.91 Å². The summed E-state index contributed by atoms with van der Waals surface area (Å²) in [6, 6.07) is 16.4. The maximum absolute atomic E-state index is 11.4. The molecule has 0 bridgehead atoms. The van der Waals surface area contributed by atoms with Crippen LogP contribution in [-0.2, 0) is 0 Å². The van der Waals surface area contributed by atoms with Crippen molar-refractivity contribution >= 4 is 23.2 Å². The van der Waals surface area contributed by atoms with Gasteiger partial charge in [0.2, 0.25) is 5.88 Å². The van der Waals surface area contributed by atoms with Crippen LogP contribution >= 0.6 is 23.2 Å². The third kappa shape index (κ3) is 3.43. The Morgan fingerprint density at radius 2 is 1.81 bits per heavy atom. The highest BCUT2D eigenvalue weighted by atomic mass is 35.5. The van der Waals surface area contributed by atoms with Crippen molar-refractivity contribution in [1.82, 2.24) is 4.98 Å². The maximum Gasteiger partial charge on any atom is 0.219 e. The highest BCUT2D eigenvalue weighted by Gasteiger charge is 2.30. The average molecular weight is 399 g/mol. The highest BCUT2D eigenvalue weighted by Crippen LogP contribution is 2.43. The fourth-order valence-corrected chi connectivity index (χ4v) is 3.68. The van der Waals surface area contributed by atoms with Crippen molar-refractivity contribution in [2.24, 2.45) is 5.18 Å². The summed E-state index contributed by atoms with van der Waals surface area (Å²) < 4.78 is 5.90. The van der Waals surface area contributed by atoms with E-state index in [1.807, 2.05) is 61.5 Å². The van der Waals surface area contributed by atoms with E-state index < -0.39 is 6.04 Å². The molecule has 1 aliphatic rings. The van der Waals surface area contributed by atoms with Crippen LogP contribution in [0.2, 0.25) is 10.0 Å².